The third-order valence-electron chi connectivity index (χ3n) is 4.87. The maximum Gasteiger partial charge on any atom is 0.228 e. The van der Waals surface area contributed by atoms with Gasteiger partial charge < -0.3 is 9.47 Å². The van der Waals surface area contributed by atoms with Gasteiger partial charge in [-0.2, -0.15) is 5.10 Å². The van der Waals surface area contributed by atoms with Crippen LogP contribution in [-0.4, -0.2) is 43.6 Å². The minimum absolute atomic E-state index is 0.159. The number of imidazole rings is 1. The summed E-state index contributed by atoms with van der Waals surface area (Å²) in [6.45, 7) is 3.59. The maximum atomic E-state index is 12.8. The van der Waals surface area contributed by atoms with E-state index in [2.05, 4.69) is 19.7 Å². The van der Waals surface area contributed by atoms with Gasteiger partial charge in [-0.05, 0) is 25.8 Å². The number of benzene rings is 1. The largest absolute Gasteiger partial charge is 0.340 e. The number of nitrogens with one attached hydrogen (secondary N) is 1. The Kier molecular flexibility index (Phi) is 3.80. The van der Waals surface area contributed by atoms with Gasteiger partial charge in [-0.15, -0.1) is 0 Å². The van der Waals surface area contributed by atoms with Crippen molar-refractivity contribution in [2.75, 3.05) is 13.1 Å². The predicted molar refractivity (Wildman–Crippen MR) is 91.6 cm³/mol. The Labute approximate surface area is 140 Å². The Hall–Kier alpha value is -2.63. The van der Waals surface area contributed by atoms with E-state index in [-0.39, 0.29) is 5.91 Å². The lowest BCUT2D eigenvalue weighted by molar-refractivity contribution is -0.132. The molecule has 1 aromatic carbocycles. The highest BCUT2D eigenvalue weighted by Gasteiger charge is 2.26. The molecule has 24 heavy (non-hydrogen) atoms. The van der Waals surface area contributed by atoms with Gasteiger partial charge in [0, 0.05) is 30.9 Å². The van der Waals surface area contributed by atoms with Crippen molar-refractivity contribution < 1.29 is 4.79 Å². The zero-order valence-electron chi connectivity index (χ0n) is 13.8. The van der Waals surface area contributed by atoms with Gasteiger partial charge in [-0.1, -0.05) is 18.2 Å². The second kappa shape index (κ2) is 6.11. The van der Waals surface area contributed by atoms with Gasteiger partial charge in [0.2, 0.25) is 5.91 Å². The third kappa shape index (κ3) is 2.68. The molecule has 4 rings (SSSR count). The number of carbonyl (C=O) groups excluding carboxylic acids is 1. The van der Waals surface area contributed by atoms with E-state index in [1.54, 1.807) is 0 Å². The summed E-state index contributed by atoms with van der Waals surface area (Å²) < 4.78 is 2.19. The van der Waals surface area contributed by atoms with Crippen molar-refractivity contribution in [3.8, 4) is 0 Å². The molecule has 1 aliphatic rings. The van der Waals surface area contributed by atoms with E-state index in [0.717, 1.165) is 48.4 Å². The molecule has 1 amide bonds. The van der Waals surface area contributed by atoms with E-state index in [1.165, 1.54) is 0 Å². The first-order valence-electron chi connectivity index (χ1n) is 8.41. The average Bonchev–Trinajstić information content (AvgIpc) is 3.22. The van der Waals surface area contributed by atoms with Crippen molar-refractivity contribution >= 4 is 16.8 Å². The Bertz CT molecular complexity index is 865. The fraction of sp³-hybridized carbons (Fsp3) is 0.389. The monoisotopic (exact) mass is 323 g/mol. The number of H-pyrrole nitrogens is 1. The summed E-state index contributed by atoms with van der Waals surface area (Å²) in [4.78, 5) is 19.0. The van der Waals surface area contributed by atoms with Crippen molar-refractivity contribution in [3.63, 3.8) is 0 Å². The van der Waals surface area contributed by atoms with Gasteiger partial charge in [-0.3, -0.25) is 9.89 Å². The van der Waals surface area contributed by atoms with Crippen LogP contribution in [0, 0.1) is 6.92 Å². The van der Waals surface area contributed by atoms with E-state index in [0.29, 0.717) is 12.5 Å². The number of hydrogen-bond acceptors (Lipinski definition) is 3. The summed E-state index contributed by atoms with van der Waals surface area (Å²) >= 11 is 0. The van der Waals surface area contributed by atoms with Gasteiger partial charge in [0.1, 0.15) is 5.82 Å². The molecule has 6 heteroatoms. The lowest BCUT2D eigenvalue weighted by atomic mass is 10.0. The van der Waals surface area contributed by atoms with Gasteiger partial charge >= 0.3 is 0 Å². The first kappa shape index (κ1) is 14.9. The van der Waals surface area contributed by atoms with Gasteiger partial charge in [-0.25, -0.2) is 4.98 Å². The molecule has 1 saturated heterocycles. The van der Waals surface area contributed by atoms with Crippen molar-refractivity contribution in [2.24, 2.45) is 0 Å². The highest BCUT2D eigenvalue weighted by Crippen LogP contribution is 2.24. The smallest absolute Gasteiger partial charge is 0.228 e. The zero-order valence-corrected chi connectivity index (χ0v) is 13.8. The Morgan fingerprint density at radius 3 is 3.08 bits per heavy atom. The summed E-state index contributed by atoms with van der Waals surface area (Å²) in [6.07, 6.45) is 6.32. The van der Waals surface area contributed by atoms with Crippen LogP contribution in [0.5, 0.6) is 0 Å². The third-order valence-corrected chi connectivity index (χ3v) is 4.87. The molecule has 0 radical (unpaired) electrons. The molecule has 1 fully saturated rings. The molecule has 1 aliphatic heterocycles. The lowest BCUT2D eigenvalue weighted by Crippen LogP contribution is -2.41. The average molecular weight is 323 g/mol. The molecule has 0 spiro atoms. The number of carbonyl (C=O) groups is 1. The molecular formula is C18H21N5O. The molecule has 0 aliphatic carbocycles. The maximum absolute atomic E-state index is 12.8. The Balaban J connectivity index is 1.49. The lowest BCUT2D eigenvalue weighted by Gasteiger charge is -2.34. The fourth-order valence-electron chi connectivity index (χ4n) is 3.59. The molecule has 1 N–H and O–H groups in total. The number of aryl methyl sites for hydroxylation is 1. The zero-order chi connectivity index (χ0) is 16.5. The van der Waals surface area contributed by atoms with Crippen LogP contribution in [0.2, 0.25) is 0 Å². The molecule has 6 nitrogen and oxygen atoms in total. The number of nitrogens with zero attached hydrogens (tertiary/aromatic N) is 4. The molecule has 3 heterocycles. The number of aromatic amines is 1. The summed E-state index contributed by atoms with van der Waals surface area (Å²) in [5.41, 5.74) is 1.81. The Morgan fingerprint density at radius 1 is 1.38 bits per heavy atom. The number of likely N-dealkylation sites (tertiary alicyclic amines) is 1. The van der Waals surface area contributed by atoms with Crippen LogP contribution < -0.4 is 0 Å². The van der Waals surface area contributed by atoms with Crippen LogP contribution >= 0.6 is 0 Å². The van der Waals surface area contributed by atoms with Gasteiger partial charge in [0.05, 0.1) is 23.7 Å². The van der Waals surface area contributed by atoms with E-state index >= 15 is 0 Å². The van der Waals surface area contributed by atoms with Gasteiger partial charge in [0.25, 0.3) is 0 Å². The van der Waals surface area contributed by atoms with Crippen LogP contribution in [0.15, 0.2) is 36.7 Å². The van der Waals surface area contributed by atoms with E-state index in [4.69, 9.17) is 0 Å². The summed E-state index contributed by atoms with van der Waals surface area (Å²) in [7, 11) is 0. The van der Waals surface area contributed by atoms with Crippen molar-refractivity contribution in [2.45, 2.75) is 32.2 Å². The standard InChI is InChI=1S/C18H21N5O/c1-13-19-8-10-23(13)14-5-4-9-22(12-14)18(24)11-17-15-6-2-3-7-16(15)20-21-17/h2-3,6-8,10,14H,4-5,9,11-12H2,1H3,(H,20,21)/t14-/m0/s1. The van der Waals surface area contributed by atoms with Crippen LogP contribution in [-0.2, 0) is 11.2 Å². The minimum atomic E-state index is 0.159. The van der Waals surface area contributed by atoms with Crippen molar-refractivity contribution in [3.05, 3.63) is 48.2 Å². The van der Waals surface area contributed by atoms with Crippen LogP contribution in [0.4, 0.5) is 0 Å². The predicted octanol–water partition coefficient (Wildman–Crippen LogP) is 2.47. The number of piperidine rings is 1. The second-order valence-electron chi connectivity index (χ2n) is 6.41. The highest BCUT2D eigenvalue weighted by molar-refractivity contribution is 5.87. The quantitative estimate of drug-likeness (QED) is 0.805. The second-order valence-corrected chi connectivity index (χ2v) is 6.41. The number of para-hydroxylation sites is 1. The highest BCUT2D eigenvalue weighted by atomic mass is 16.2. The Morgan fingerprint density at radius 2 is 2.25 bits per heavy atom. The molecule has 0 bridgehead atoms. The van der Waals surface area contributed by atoms with Crippen LogP contribution in [0.25, 0.3) is 10.9 Å². The van der Waals surface area contributed by atoms with Crippen LogP contribution in [0.1, 0.15) is 30.4 Å². The first-order valence-corrected chi connectivity index (χ1v) is 8.41. The molecule has 1 atom stereocenters. The SMILES string of the molecule is Cc1nccn1[C@H]1CCCN(C(=O)Cc2[nH]nc3ccccc23)C1. The molecule has 3 aromatic rings. The molecule has 0 saturated carbocycles. The molecular weight excluding hydrogens is 302 g/mol. The number of hydrogen-bond donors (Lipinski definition) is 1. The van der Waals surface area contributed by atoms with E-state index < -0.39 is 0 Å². The molecule has 2 aromatic heterocycles. The fourth-order valence-corrected chi connectivity index (χ4v) is 3.59. The number of amides is 1. The van der Waals surface area contributed by atoms with E-state index in [1.807, 2.05) is 48.5 Å². The normalized spacial score (nSPS) is 18.2. The molecule has 124 valence electrons. The van der Waals surface area contributed by atoms with Crippen LogP contribution in [0.3, 0.4) is 0 Å². The van der Waals surface area contributed by atoms with Gasteiger partial charge in [0.15, 0.2) is 0 Å². The minimum Gasteiger partial charge on any atom is -0.340 e. The van der Waals surface area contributed by atoms with Crippen molar-refractivity contribution in [1.82, 2.24) is 24.6 Å². The summed E-state index contributed by atoms with van der Waals surface area (Å²) in [5, 5.41) is 8.33. The van der Waals surface area contributed by atoms with Crippen molar-refractivity contribution in [1.29, 1.82) is 0 Å². The number of rotatable bonds is 3. The topological polar surface area (TPSA) is 66.8 Å². The number of fused-ring (bicyclic) bond motifs is 1. The molecule has 0 unspecified atom stereocenters. The first-order chi connectivity index (χ1) is 11.7. The summed E-state index contributed by atoms with van der Waals surface area (Å²) in [6, 6.07) is 8.22. The summed E-state index contributed by atoms with van der Waals surface area (Å²) in [5.74, 6) is 1.17. The number of aromatic nitrogens is 4. The van der Waals surface area contributed by atoms with E-state index in [9.17, 15) is 4.79 Å².